The summed E-state index contributed by atoms with van der Waals surface area (Å²) in [6.45, 7) is -1.49. The predicted molar refractivity (Wildman–Crippen MR) is 108 cm³/mol. The summed E-state index contributed by atoms with van der Waals surface area (Å²) in [7, 11) is 0. The van der Waals surface area contributed by atoms with Crippen LogP contribution in [0.3, 0.4) is 0 Å². The minimum Gasteiger partial charge on any atom is -0.394 e. The number of anilines is 2. The first-order valence-electron chi connectivity index (χ1n) is 9.12. The molecular weight excluding hydrogens is 436 g/mol. The van der Waals surface area contributed by atoms with Gasteiger partial charge in [-0.1, -0.05) is 0 Å². The fourth-order valence-corrected chi connectivity index (χ4v) is 3.03. The molecule has 0 saturated carbocycles. The lowest BCUT2D eigenvalue weighted by molar-refractivity contribution is -0.384. The highest BCUT2D eigenvalue weighted by Crippen LogP contribution is 2.28. The summed E-state index contributed by atoms with van der Waals surface area (Å²) in [5.41, 5.74) is -0.814. The van der Waals surface area contributed by atoms with Gasteiger partial charge in [-0.25, -0.2) is 0 Å². The van der Waals surface area contributed by atoms with Crippen molar-refractivity contribution >= 4 is 29.2 Å². The van der Waals surface area contributed by atoms with Crippen LogP contribution in [0.25, 0.3) is 0 Å². The molecule has 13 nitrogen and oxygen atoms in total. The molecule has 1 aromatic heterocycles. The minimum atomic E-state index is -1.46. The van der Waals surface area contributed by atoms with E-state index in [2.05, 4.69) is 25.6 Å². The number of benzene rings is 1. The van der Waals surface area contributed by atoms with Crippen LogP contribution in [-0.4, -0.2) is 80.0 Å². The quantitative estimate of drug-likeness (QED) is 0.253. The summed E-state index contributed by atoms with van der Waals surface area (Å²) in [4.78, 5) is 22.4. The molecule has 1 fully saturated rings. The maximum absolute atomic E-state index is 10.9. The number of aliphatic hydroxyl groups is 3. The number of nitro benzene ring substituents is 1. The zero-order valence-electron chi connectivity index (χ0n) is 16.1. The zero-order valence-corrected chi connectivity index (χ0v) is 16.9. The van der Waals surface area contributed by atoms with E-state index in [0.29, 0.717) is 5.56 Å². The van der Waals surface area contributed by atoms with Gasteiger partial charge in [-0.3, -0.25) is 10.1 Å². The fraction of sp³-hybridized carbons (Fsp3) is 0.471. The highest BCUT2D eigenvalue weighted by molar-refractivity contribution is 6.28. The van der Waals surface area contributed by atoms with Crippen LogP contribution < -0.4 is 10.6 Å². The molecule has 31 heavy (non-hydrogen) atoms. The summed E-state index contributed by atoms with van der Waals surface area (Å²) >= 11 is 5.97. The van der Waals surface area contributed by atoms with Crippen LogP contribution in [0.2, 0.25) is 5.28 Å². The Bertz CT molecular complexity index is 891. The highest BCUT2D eigenvalue weighted by atomic mass is 35.5. The molecule has 1 aliphatic rings. The van der Waals surface area contributed by atoms with Gasteiger partial charge in [-0.05, 0) is 29.3 Å². The average molecular weight is 457 g/mol. The topological polar surface area (TPSA) is 185 Å². The number of ether oxygens (including phenoxy) is 2. The maximum Gasteiger partial charge on any atom is 0.269 e. The van der Waals surface area contributed by atoms with E-state index < -0.39 is 42.4 Å². The van der Waals surface area contributed by atoms with E-state index in [0.717, 1.165) is 0 Å². The Labute approximate surface area is 181 Å². The van der Waals surface area contributed by atoms with Crippen molar-refractivity contribution in [1.29, 1.82) is 0 Å². The second kappa shape index (κ2) is 10.1. The Kier molecular flexibility index (Phi) is 7.48. The lowest BCUT2D eigenvalue weighted by atomic mass is 10.0. The summed E-state index contributed by atoms with van der Waals surface area (Å²) in [5.74, 6) is -0.0274. The Morgan fingerprint density at radius 3 is 2.39 bits per heavy atom. The summed E-state index contributed by atoms with van der Waals surface area (Å²) in [5, 5.41) is 44.8. The van der Waals surface area contributed by atoms with Crippen LogP contribution in [0.1, 0.15) is 11.7 Å². The molecule has 0 aliphatic carbocycles. The third-order valence-electron chi connectivity index (χ3n) is 4.63. The Morgan fingerprint density at radius 1 is 1.13 bits per heavy atom. The summed E-state index contributed by atoms with van der Waals surface area (Å²) in [6, 6.07) is 5.47. The normalized spacial score (nSPS) is 19.1. The minimum absolute atomic E-state index is 0.0383. The van der Waals surface area contributed by atoms with Crippen molar-refractivity contribution < 1.29 is 29.7 Å². The highest BCUT2D eigenvalue weighted by Gasteiger charge is 2.31. The van der Waals surface area contributed by atoms with Crippen molar-refractivity contribution in [2.45, 2.75) is 17.7 Å². The molecule has 5 N–H and O–H groups in total. The van der Waals surface area contributed by atoms with E-state index in [-0.39, 0.29) is 36.3 Å². The van der Waals surface area contributed by atoms with Gasteiger partial charge in [0.2, 0.25) is 17.2 Å². The van der Waals surface area contributed by atoms with Gasteiger partial charge < -0.3 is 35.4 Å². The maximum atomic E-state index is 10.9. The first kappa shape index (κ1) is 23.0. The molecule has 0 unspecified atom stereocenters. The SMILES string of the molecule is O=[N+]([O-])c1ccc([C@@H]2OCOC[C@@H]2Nc2nc(Cl)nc(NC(CO)(CO)CO)n2)cc1. The predicted octanol–water partition coefficient (Wildman–Crippen LogP) is 0.0869. The van der Waals surface area contributed by atoms with Crippen LogP contribution in [0.15, 0.2) is 24.3 Å². The summed E-state index contributed by atoms with van der Waals surface area (Å²) in [6.07, 6.45) is -0.520. The first-order chi connectivity index (χ1) is 14.9. The number of aliphatic hydroxyl groups excluding tert-OH is 3. The van der Waals surface area contributed by atoms with Crippen molar-refractivity contribution in [2.75, 3.05) is 43.9 Å². The van der Waals surface area contributed by atoms with Crippen LogP contribution in [0.4, 0.5) is 17.6 Å². The summed E-state index contributed by atoms with van der Waals surface area (Å²) < 4.78 is 11.0. The van der Waals surface area contributed by atoms with Crippen LogP contribution in [-0.2, 0) is 9.47 Å². The van der Waals surface area contributed by atoms with E-state index in [4.69, 9.17) is 21.1 Å². The molecule has 0 spiro atoms. The molecule has 168 valence electrons. The number of nitrogens with zero attached hydrogens (tertiary/aromatic N) is 4. The van der Waals surface area contributed by atoms with Gasteiger partial charge in [-0.2, -0.15) is 15.0 Å². The van der Waals surface area contributed by atoms with Crippen molar-refractivity contribution in [3.05, 3.63) is 45.2 Å². The first-order valence-corrected chi connectivity index (χ1v) is 9.50. The van der Waals surface area contributed by atoms with Gasteiger partial charge >= 0.3 is 0 Å². The molecule has 0 amide bonds. The molecule has 2 aromatic rings. The Balaban J connectivity index is 1.81. The molecule has 14 heteroatoms. The van der Waals surface area contributed by atoms with Crippen LogP contribution in [0.5, 0.6) is 0 Å². The second-order valence-electron chi connectivity index (χ2n) is 6.81. The number of hydrogen-bond donors (Lipinski definition) is 5. The van der Waals surface area contributed by atoms with E-state index in [1.165, 1.54) is 12.1 Å². The Hall–Kier alpha value is -2.68. The van der Waals surface area contributed by atoms with E-state index in [1.807, 2.05) is 0 Å². The molecule has 0 bridgehead atoms. The monoisotopic (exact) mass is 456 g/mol. The lowest BCUT2D eigenvalue weighted by Crippen LogP contribution is -2.49. The zero-order chi connectivity index (χ0) is 22.4. The third kappa shape index (κ3) is 5.52. The number of halogens is 1. The third-order valence-corrected chi connectivity index (χ3v) is 4.80. The van der Waals surface area contributed by atoms with Gasteiger partial charge in [0.15, 0.2) is 0 Å². The number of non-ortho nitro benzene ring substituents is 1. The Morgan fingerprint density at radius 2 is 1.77 bits per heavy atom. The van der Waals surface area contributed by atoms with E-state index in [9.17, 15) is 25.4 Å². The van der Waals surface area contributed by atoms with Gasteiger partial charge in [-0.15, -0.1) is 0 Å². The second-order valence-corrected chi connectivity index (χ2v) is 7.14. The number of hydrogen-bond acceptors (Lipinski definition) is 12. The van der Waals surface area contributed by atoms with Crippen molar-refractivity contribution in [2.24, 2.45) is 0 Å². The smallest absolute Gasteiger partial charge is 0.269 e. The van der Waals surface area contributed by atoms with Crippen LogP contribution >= 0.6 is 11.6 Å². The number of rotatable bonds is 9. The molecule has 3 rings (SSSR count). The van der Waals surface area contributed by atoms with Crippen molar-refractivity contribution in [1.82, 2.24) is 15.0 Å². The van der Waals surface area contributed by atoms with Gasteiger partial charge in [0.25, 0.3) is 5.69 Å². The molecular formula is C17H21ClN6O7. The van der Waals surface area contributed by atoms with Crippen LogP contribution in [0, 0.1) is 10.1 Å². The average Bonchev–Trinajstić information content (AvgIpc) is 2.78. The standard InChI is InChI=1S/C17H21ClN6O7/c18-14-20-15(22-16(21-14)23-17(6-25,7-26)8-27)19-12-5-30-9-31-13(12)10-1-3-11(4-2-10)24(28)29/h1-4,12-13,25-27H,5-9H2,(H2,19,20,21,22,23)/t12-,13-/m0/s1. The van der Waals surface area contributed by atoms with Gasteiger partial charge in [0, 0.05) is 12.1 Å². The largest absolute Gasteiger partial charge is 0.394 e. The molecule has 1 aromatic carbocycles. The molecule has 2 heterocycles. The molecule has 2 atom stereocenters. The fourth-order valence-electron chi connectivity index (χ4n) is 2.87. The molecule has 0 radical (unpaired) electrons. The number of nitro groups is 1. The van der Waals surface area contributed by atoms with E-state index >= 15 is 0 Å². The van der Waals surface area contributed by atoms with Crippen molar-refractivity contribution in [3.8, 4) is 0 Å². The number of aromatic nitrogens is 3. The molecule has 1 saturated heterocycles. The number of nitrogens with one attached hydrogen (secondary N) is 2. The van der Waals surface area contributed by atoms with Gasteiger partial charge in [0.1, 0.15) is 18.4 Å². The molecule has 1 aliphatic heterocycles. The van der Waals surface area contributed by atoms with E-state index in [1.54, 1.807) is 12.1 Å². The van der Waals surface area contributed by atoms with Crippen molar-refractivity contribution in [3.63, 3.8) is 0 Å². The lowest BCUT2D eigenvalue weighted by Gasteiger charge is -2.32. The van der Waals surface area contributed by atoms with Gasteiger partial charge in [0.05, 0.1) is 37.4 Å².